The molecule has 0 fully saturated rings. The summed E-state index contributed by atoms with van der Waals surface area (Å²) in [6.07, 6.45) is 3.74. The number of amides is 1. The smallest absolute Gasteiger partial charge is 0.258 e. The molecule has 0 saturated carbocycles. The Hall–Kier alpha value is -3.12. The van der Waals surface area contributed by atoms with Crippen LogP contribution in [0.5, 0.6) is 5.75 Å². The van der Waals surface area contributed by atoms with E-state index in [0.29, 0.717) is 28.8 Å². The van der Waals surface area contributed by atoms with Gasteiger partial charge in [0.05, 0.1) is 12.7 Å². The third kappa shape index (κ3) is 5.18. The molecule has 0 aliphatic heterocycles. The van der Waals surface area contributed by atoms with Crippen LogP contribution in [0.15, 0.2) is 60.9 Å². The van der Waals surface area contributed by atoms with Crippen LogP contribution in [0.4, 0.5) is 11.6 Å². The number of hydrogen-bond acceptors (Lipinski definition) is 5. The predicted molar refractivity (Wildman–Crippen MR) is 107 cm³/mol. The van der Waals surface area contributed by atoms with Crippen LogP contribution >= 0.6 is 11.6 Å². The van der Waals surface area contributed by atoms with E-state index in [1.54, 1.807) is 31.4 Å². The molecule has 1 heterocycles. The number of aromatic nitrogens is 2. The molecule has 2 N–H and O–H groups in total. The number of anilines is 2. The highest BCUT2D eigenvalue weighted by Crippen LogP contribution is 2.18. The van der Waals surface area contributed by atoms with Crippen molar-refractivity contribution < 1.29 is 9.53 Å². The van der Waals surface area contributed by atoms with E-state index in [-0.39, 0.29) is 5.91 Å². The van der Waals surface area contributed by atoms with Gasteiger partial charge in [-0.15, -0.1) is 0 Å². The second kappa shape index (κ2) is 9.00. The number of ether oxygens (including phenoxy) is 1. The summed E-state index contributed by atoms with van der Waals surface area (Å²) in [5, 5.41) is 6.45. The van der Waals surface area contributed by atoms with Gasteiger partial charge in [0.2, 0.25) is 5.95 Å². The minimum atomic E-state index is -0.294. The normalized spacial score (nSPS) is 10.3. The van der Waals surface area contributed by atoms with Crippen LogP contribution in [0.2, 0.25) is 5.02 Å². The number of rotatable bonds is 7. The lowest BCUT2D eigenvalue weighted by molar-refractivity contribution is 0.102. The fourth-order valence-electron chi connectivity index (χ4n) is 2.52. The van der Waals surface area contributed by atoms with Gasteiger partial charge in [-0.1, -0.05) is 35.9 Å². The SMILES string of the molecule is COc1ccccc1CCNc1ncc(C(=O)Nc2cccc(Cl)c2)cn1. The Kier molecular flexibility index (Phi) is 6.22. The zero-order valence-corrected chi connectivity index (χ0v) is 15.5. The molecule has 0 bridgehead atoms. The highest BCUT2D eigenvalue weighted by Gasteiger charge is 2.08. The average molecular weight is 383 g/mol. The molecule has 0 unspecified atom stereocenters. The number of carbonyl (C=O) groups excluding carboxylic acids is 1. The lowest BCUT2D eigenvalue weighted by Crippen LogP contribution is -2.14. The number of nitrogens with zero attached hydrogens (tertiary/aromatic N) is 2. The van der Waals surface area contributed by atoms with Crippen molar-refractivity contribution in [1.29, 1.82) is 0 Å². The van der Waals surface area contributed by atoms with Gasteiger partial charge in [0.15, 0.2) is 0 Å². The van der Waals surface area contributed by atoms with E-state index >= 15 is 0 Å². The maximum atomic E-state index is 12.2. The molecule has 0 radical (unpaired) electrons. The van der Waals surface area contributed by atoms with Crippen LogP contribution in [0.25, 0.3) is 0 Å². The summed E-state index contributed by atoms with van der Waals surface area (Å²) in [5.41, 5.74) is 2.08. The van der Waals surface area contributed by atoms with E-state index in [1.807, 2.05) is 24.3 Å². The van der Waals surface area contributed by atoms with E-state index in [9.17, 15) is 4.79 Å². The monoisotopic (exact) mass is 382 g/mol. The molecular weight excluding hydrogens is 364 g/mol. The summed E-state index contributed by atoms with van der Waals surface area (Å²) in [7, 11) is 1.66. The zero-order chi connectivity index (χ0) is 19.1. The minimum Gasteiger partial charge on any atom is -0.496 e. The van der Waals surface area contributed by atoms with Crippen molar-refractivity contribution in [3.63, 3.8) is 0 Å². The average Bonchev–Trinajstić information content (AvgIpc) is 2.69. The second-order valence-electron chi connectivity index (χ2n) is 5.75. The first kappa shape index (κ1) is 18.7. The maximum absolute atomic E-state index is 12.2. The van der Waals surface area contributed by atoms with Crippen LogP contribution in [-0.4, -0.2) is 29.5 Å². The largest absolute Gasteiger partial charge is 0.496 e. The van der Waals surface area contributed by atoms with Gasteiger partial charge in [0, 0.05) is 29.6 Å². The second-order valence-corrected chi connectivity index (χ2v) is 6.18. The van der Waals surface area contributed by atoms with Crippen molar-refractivity contribution in [2.75, 3.05) is 24.3 Å². The summed E-state index contributed by atoms with van der Waals surface area (Å²) < 4.78 is 5.33. The lowest BCUT2D eigenvalue weighted by Gasteiger charge is -2.09. The highest BCUT2D eigenvalue weighted by atomic mass is 35.5. The number of methoxy groups -OCH3 is 1. The number of hydrogen-bond donors (Lipinski definition) is 2. The molecule has 3 aromatic rings. The number of carbonyl (C=O) groups is 1. The Balaban J connectivity index is 1.54. The molecule has 1 aromatic heterocycles. The lowest BCUT2D eigenvalue weighted by atomic mass is 10.1. The zero-order valence-electron chi connectivity index (χ0n) is 14.8. The van der Waals surface area contributed by atoms with E-state index < -0.39 is 0 Å². The van der Waals surface area contributed by atoms with E-state index in [4.69, 9.17) is 16.3 Å². The summed E-state index contributed by atoms with van der Waals surface area (Å²) in [5.74, 6) is 1.02. The van der Waals surface area contributed by atoms with Gasteiger partial charge in [-0.05, 0) is 36.2 Å². The van der Waals surface area contributed by atoms with E-state index in [2.05, 4.69) is 20.6 Å². The van der Waals surface area contributed by atoms with E-state index in [0.717, 1.165) is 17.7 Å². The van der Waals surface area contributed by atoms with Crippen LogP contribution in [0.1, 0.15) is 15.9 Å². The van der Waals surface area contributed by atoms with Crippen LogP contribution in [0, 0.1) is 0 Å². The third-order valence-electron chi connectivity index (χ3n) is 3.87. The van der Waals surface area contributed by atoms with Crippen molar-refractivity contribution in [3.05, 3.63) is 77.1 Å². The molecule has 27 heavy (non-hydrogen) atoms. The van der Waals surface area contributed by atoms with Gasteiger partial charge >= 0.3 is 0 Å². The fraction of sp³-hybridized carbons (Fsp3) is 0.150. The summed E-state index contributed by atoms with van der Waals surface area (Å²) in [4.78, 5) is 20.6. The molecular formula is C20H19ClN4O2. The van der Waals surface area contributed by atoms with Crippen LogP contribution in [-0.2, 0) is 6.42 Å². The topological polar surface area (TPSA) is 76.1 Å². The summed E-state index contributed by atoms with van der Waals surface area (Å²) >= 11 is 5.91. The molecule has 0 aliphatic rings. The molecule has 3 rings (SSSR count). The van der Waals surface area contributed by atoms with Gasteiger partial charge < -0.3 is 15.4 Å². The first-order valence-corrected chi connectivity index (χ1v) is 8.78. The first-order valence-electron chi connectivity index (χ1n) is 8.40. The minimum absolute atomic E-state index is 0.294. The summed E-state index contributed by atoms with van der Waals surface area (Å²) in [6.45, 7) is 0.647. The molecule has 2 aromatic carbocycles. The van der Waals surface area contributed by atoms with Crippen molar-refractivity contribution in [2.24, 2.45) is 0 Å². The summed E-state index contributed by atoms with van der Waals surface area (Å²) in [6, 6.07) is 14.8. The Morgan fingerprint density at radius 3 is 2.63 bits per heavy atom. The van der Waals surface area contributed by atoms with Gasteiger partial charge in [-0.3, -0.25) is 4.79 Å². The predicted octanol–water partition coefficient (Wildman–Crippen LogP) is 4.05. The van der Waals surface area contributed by atoms with E-state index in [1.165, 1.54) is 12.4 Å². The quantitative estimate of drug-likeness (QED) is 0.644. The van der Waals surface area contributed by atoms with Crippen molar-refractivity contribution in [3.8, 4) is 5.75 Å². The Labute approximate surface area is 162 Å². The molecule has 0 spiro atoms. The number of nitrogens with one attached hydrogen (secondary N) is 2. The molecule has 6 nitrogen and oxygen atoms in total. The van der Waals surface area contributed by atoms with Crippen LogP contribution in [0.3, 0.4) is 0 Å². The van der Waals surface area contributed by atoms with Gasteiger partial charge in [-0.25, -0.2) is 9.97 Å². The standard InChI is InChI=1S/C20H19ClN4O2/c1-27-18-8-3-2-5-14(18)9-10-22-20-23-12-15(13-24-20)19(26)25-17-7-4-6-16(21)11-17/h2-8,11-13H,9-10H2,1H3,(H,25,26)(H,22,23,24). The highest BCUT2D eigenvalue weighted by molar-refractivity contribution is 6.30. The first-order chi connectivity index (χ1) is 13.2. The van der Waals surface area contributed by atoms with Gasteiger partial charge in [-0.2, -0.15) is 0 Å². The van der Waals surface area contributed by atoms with Gasteiger partial charge in [0.1, 0.15) is 5.75 Å². The van der Waals surface area contributed by atoms with Crippen molar-refractivity contribution in [1.82, 2.24) is 9.97 Å². The molecule has 0 aliphatic carbocycles. The fourth-order valence-corrected chi connectivity index (χ4v) is 2.71. The molecule has 7 heteroatoms. The molecule has 0 atom stereocenters. The Morgan fingerprint density at radius 2 is 1.89 bits per heavy atom. The number of benzene rings is 2. The molecule has 138 valence electrons. The van der Waals surface area contributed by atoms with Crippen LogP contribution < -0.4 is 15.4 Å². The maximum Gasteiger partial charge on any atom is 0.258 e. The third-order valence-corrected chi connectivity index (χ3v) is 4.10. The number of para-hydroxylation sites is 1. The molecule has 1 amide bonds. The number of halogens is 1. The van der Waals surface area contributed by atoms with Gasteiger partial charge in [0.25, 0.3) is 5.91 Å². The Morgan fingerprint density at radius 1 is 1.11 bits per heavy atom. The van der Waals surface area contributed by atoms with Crippen molar-refractivity contribution in [2.45, 2.75) is 6.42 Å². The Bertz CT molecular complexity index is 916. The van der Waals surface area contributed by atoms with Crippen molar-refractivity contribution >= 4 is 29.1 Å². The molecule has 0 saturated heterocycles.